The zero-order valence-corrected chi connectivity index (χ0v) is 7.97. The first-order valence-corrected chi connectivity index (χ1v) is 5.23. The summed E-state index contributed by atoms with van der Waals surface area (Å²) in [7, 11) is 0. The molecule has 1 fully saturated rings. The molecular weight excluding hydrogens is 170 g/mol. The van der Waals surface area contributed by atoms with E-state index in [4.69, 9.17) is 0 Å². The first-order chi connectivity index (χ1) is 6.22. The molecule has 0 N–H and O–H groups in total. The van der Waals surface area contributed by atoms with Crippen LogP contribution < -0.4 is 0 Å². The maximum atomic E-state index is 13.5. The lowest BCUT2D eigenvalue weighted by Crippen LogP contribution is -2.24. The van der Waals surface area contributed by atoms with E-state index in [2.05, 4.69) is 6.92 Å². The maximum Gasteiger partial charge on any atom is 0.107 e. The molecule has 0 saturated heterocycles. The van der Waals surface area contributed by atoms with Crippen molar-refractivity contribution in [2.45, 2.75) is 38.8 Å². The maximum absolute atomic E-state index is 13.5. The van der Waals surface area contributed by atoms with Gasteiger partial charge in [0.15, 0.2) is 0 Å². The summed E-state index contributed by atoms with van der Waals surface area (Å²) in [4.78, 5) is 0. The van der Waals surface area contributed by atoms with Crippen LogP contribution in [0.3, 0.4) is 0 Å². The van der Waals surface area contributed by atoms with Crippen molar-refractivity contribution in [1.82, 2.24) is 0 Å². The molecule has 0 amide bonds. The van der Waals surface area contributed by atoms with Gasteiger partial charge in [-0.15, -0.1) is 0 Å². The van der Waals surface area contributed by atoms with Crippen molar-refractivity contribution < 1.29 is 8.78 Å². The van der Waals surface area contributed by atoms with Crippen LogP contribution in [0, 0.1) is 17.8 Å². The Morgan fingerprint density at radius 2 is 2.23 bits per heavy atom. The number of rotatable bonds is 1. The standard InChI is InChI=1S/C11H16F2/c1-2-7-5-8-3-4-10(12)9(7)6-11(8)13/h6-10H,2-5H2,1H3/t7-,8?,9?,10?/m1/s1. The van der Waals surface area contributed by atoms with Crippen LogP contribution in [0.1, 0.15) is 32.6 Å². The molecule has 0 radical (unpaired) electrons. The average Bonchev–Trinajstić information content (AvgIpc) is 2.35. The van der Waals surface area contributed by atoms with Crippen molar-refractivity contribution in [2.75, 3.05) is 0 Å². The lowest BCUT2D eigenvalue weighted by molar-refractivity contribution is 0.189. The monoisotopic (exact) mass is 186 g/mol. The van der Waals surface area contributed by atoms with Crippen molar-refractivity contribution in [3.63, 3.8) is 0 Å². The highest BCUT2D eigenvalue weighted by atomic mass is 19.1. The third kappa shape index (κ3) is 1.51. The van der Waals surface area contributed by atoms with Crippen LogP contribution in [-0.4, -0.2) is 6.17 Å². The number of hydrogen-bond donors (Lipinski definition) is 0. The molecule has 3 unspecified atom stereocenters. The van der Waals surface area contributed by atoms with E-state index in [0.29, 0.717) is 18.8 Å². The van der Waals surface area contributed by atoms with Crippen LogP contribution in [0.25, 0.3) is 0 Å². The Morgan fingerprint density at radius 3 is 2.92 bits per heavy atom. The summed E-state index contributed by atoms with van der Waals surface area (Å²) < 4.78 is 26.9. The summed E-state index contributed by atoms with van der Waals surface area (Å²) in [5, 5.41) is 0. The molecular formula is C11H16F2. The van der Waals surface area contributed by atoms with E-state index in [1.54, 1.807) is 6.08 Å². The first-order valence-electron chi connectivity index (χ1n) is 5.23. The Labute approximate surface area is 78.0 Å². The SMILES string of the molecule is CC[C@@H]1CC2CCC(F)C1C=C2F. The van der Waals surface area contributed by atoms with E-state index in [1.165, 1.54) is 0 Å². The predicted octanol–water partition coefficient (Wildman–Crippen LogP) is 3.63. The summed E-state index contributed by atoms with van der Waals surface area (Å²) in [6.45, 7) is 2.07. The molecule has 2 bridgehead atoms. The van der Waals surface area contributed by atoms with Crippen molar-refractivity contribution in [3.05, 3.63) is 11.9 Å². The second-order valence-electron chi connectivity index (χ2n) is 4.32. The highest BCUT2D eigenvalue weighted by molar-refractivity contribution is 5.11. The van der Waals surface area contributed by atoms with Crippen LogP contribution >= 0.6 is 0 Å². The van der Waals surface area contributed by atoms with Gasteiger partial charge in [0, 0.05) is 11.8 Å². The minimum atomic E-state index is -0.803. The first kappa shape index (κ1) is 9.17. The van der Waals surface area contributed by atoms with Crippen LogP contribution in [0.15, 0.2) is 11.9 Å². The largest absolute Gasteiger partial charge is 0.247 e. The minimum absolute atomic E-state index is 0.0296. The second kappa shape index (κ2) is 3.39. The summed E-state index contributed by atoms with van der Waals surface area (Å²) >= 11 is 0. The molecule has 0 aromatic rings. The molecule has 1 saturated carbocycles. The molecule has 2 heteroatoms. The number of fused-ring (bicyclic) bond motifs is 3. The third-order valence-corrected chi connectivity index (χ3v) is 3.61. The van der Waals surface area contributed by atoms with Crippen LogP contribution in [0.5, 0.6) is 0 Å². The van der Waals surface area contributed by atoms with Crippen LogP contribution in [0.4, 0.5) is 8.78 Å². The molecule has 0 nitrogen and oxygen atoms in total. The molecule has 3 aliphatic rings. The number of halogens is 2. The van der Waals surface area contributed by atoms with Gasteiger partial charge in [-0.3, -0.25) is 0 Å². The van der Waals surface area contributed by atoms with E-state index < -0.39 is 6.17 Å². The van der Waals surface area contributed by atoms with Gasteiger partial charge in [0.25, 0.3) is 0 Å². The number of allylic oxidation sites excluding steroid dienone is 2. The Kier molecular flexibility index (Phi) is 2.39. The van der Waals surface area contributed by atoms with Crippen LogP contribution in [-0.2, 0) is 0 Å². The quantitative estimate of drug-likeness (QED) is 0.586. The van der Waals surface area contributed by atoms with E-state index in [-0.39, 0.29) is 17.7 Å². The lowest BCUT2D eigenvalue weighted by Gasteiger charge is -2.29. The molecule has 0 heterocycles. The topological polar surface area (TPSA) is 0 Å². The number of hydrogen-bond acceptors (Lipinski definition) is 0. The Hall–Kier alpha value is -0.400. The molecule has 0 aliphatic heterocycles. The Bertz CT molecular complexity index is 222. The van der Waals surface area contributed by atoms with Crippen molar-refractivity contribution >= 4 is 0 Å². The van der Waals surface area contributed by atoms with Gasteiger partial charge < -0.3 is 0 Å². The Morgan fingerprint density at radius 1 is 1.46 bits per heavy atom. The zero-order chi connectivity index (χ0) is 9.42. The zero-order valence-electron chi connectivity index (χ0n) is 7.97. The summed E-state index contributed by atoms with van der Waals surface area (Å²) in [5.74, 6) is 0.225. The number of alkyl halides is 1. The minimum Gasteiger partial charge on any atom is -0.247 e. The van der Waals surface area contributed by atoms with Crippen LogP contribution in [0.2, 0.25) is 0 Å². The van der Waals surface area contributed by atoms with Gasteiger partial charge >= 0.3 is 0 Å². The Balaban J connectivity index is 2.26. The van der Waals surface area contributed by atoms with Gasteiger partial charge in [0.05, 0.1) is 5.83 Å². The molecule has 3 rings (SSSR count). The average molecular weight is 186 g/mol. The molecule has 4 atom stereocenters. The summed E-state index contributed by atoms with van der Waals surface area (Å²) in [6.07, 6.45) is 3.85. The van der Waals surface area contributed by atoms with E-state index in [9.17, 15) is 8.78 Å². The van der Waals surface area contributed by atoms with Gasteiger partial charge in [-0.2, -0.15) is 0 Å². The highest BCUT2D eigenvalue weighted by Crippen LogP contribution is 2.44. The van der Waals surface area contributed by atoms with Gasteiger partial charge in [0.1, 0.15) is 6.17 Å². The van der Waals surface area contributed by atoms with Gasteiger partial charge in [0.2, 0.25) is 0 Å². The third-order valence-electron chi connectivity index (χ3n) is 3.61. The normalized spacial score (nSPS) is 44.4. The molecule has 3 aliphatic carbocycles. The summed E-state index contributed by atoms with van der Waals surface area (Å²) in [5.41, 5.74) is 0. The molecule has 0 aromatic carbocycles. The van der Waals surface area contributed by atoms with Crippen molar-refractivity contribution in [2.24, 2.45) is 17.8 Å². The van der Waals surface area contributed by atoms with E-state index >= 15 is 0 Å². The fourth-order valence-electron chi connectivity index (χ4n) is 2.74. The predicted molar refractivity (Wildman–Crippen MR) is 48.7 cm³/mol. The molecule has 13 heavy (non-hydrogen) atoms. The highest BCUT2D eigenvalue weighted by Gasteiger charge is 2.38. The molecule has 0 spiro atoms. The van der Waals surface area contributed by atoms with Gasteiger partial charge in [-0.1, -0.05) is 13.3 Å². The molecule has 74 valence electrons. The van der Waals surface area contributed by atoms with Gasteiger partial charge in [-0.25, -0.2) is 8.78 Å². The molecule has 0 aromatic heterocycles. The fourth-order valence-corrected chi connectivity index (χ4v) is 2.74. The fraction of sp³-hybridized carbons (Fsp3) is 0.818. The smallest absolute Gasteiger partial charge is 0.107 e. The lowest BCUT2D eigenvalue weighted by atomic mass is 9.78. The van der Waals surface area contributed by atoms with Crippen molar-refractivity contribution in [1.29, 1.82) is 0 Å². The summed E-state index contributed by atoms with van der Waals surface area (Å²) in [6, 6.07) is 0. The van der Waals surface area contributed by atoms with Gasteiger partial charge in [-0.05, 0) is 31.3 Å². The van der Waals surface area contributed by atoms with E-state index in [0.717, 1.165) is 12.8 Å². The van der Waals surface area contributed by atoms with E-state index in [1.807, 2.05) is 0 Å². The second-order valence-corrected chi connectivity index (χ2v) is 4.32. The van der Waals surface area contributed by atoms with Crippen molar-refractivity contribution in [3.8, 4) is 0 Å².